The molecule has 1 aromatic rings. The number of rotatable bonds is 4. The van der Waals surface area contributed by atoms with Gasteiger partial charge in [0.2, 0.25) is 0 Å². The lowest BCUT2D eigenvalue weighted by molar-refractivity contribution is 0.408. The Morgan fingerprint density at radius 2 is 2.06 bits per heavy atom. The van der Waals surface area contributed by atoms with Gasteiger partial charge in [0.1, 0.15) is 0 Å². The normalized spacial score (nSPS) is 17.8. The summed E-state index contributed by atoms with van der Waals surface area (Å²) in [5.41, 5.74) is 1.31. The summed E-state index contributed by atoms with van der Waals surface area (Å²) < 4.78 is 2.12. The van der Waals surface area contributed by atoms with Gasteiger partial charge in [-0.2, -0.15) is 5.10 Å². The Kier molecular flexibility index (Phi) is 3.87. The van der Waals surface area contributed by atoms with Gasteiger partial charge in [-0.25, -0.2) is 0 Å². The van der Waals surface area contributed by atoms with E-state index in [0.717, 1.165) is 24.7 Å². The number of nitrogens with zero attached hydrogens (tertiary/aromatic N) is 2. The minimum Gasteiger partial charge on any atom is -0.306 e. The summed E-state index contributed by atoms with van der Waals surface area (Å²) >= 11 is 0. The molecule has 0 atom stereocenters. The summed E-state index contributed by atoms with van der Waals surface area (Å²) in [7, 11) is 0. The van der Waals surface area contributed by atoms with Crippen molar-refractivity contribution in [3.8, 4) is 0 Å². The second-order valence-electron chi connectivity index (χ2n) is 6.28. The first-order valence-electron chi connectivity index (χ1n) is 6.80. The molecule has 96 valence electrons. The lowest BCUT2D eigenvalue weighted by Crippen LogP contribution is -2.35. The van der Waals surface area contributed by atoms with E-state index in [4.69, 9.17) is 0 Å². The molecule has 1 N–H and O–H groups in total. The number of nitrogens with one attached hydrogen (secondary N) is 1. The van der Waals surface area contributed by atoms with Crippen molar-refractivity contribution in [3.63, 3.8) is 0 Å². The zero-order chi connectivity index (χ0) is 12.3. The molecule has 0 aliphatic heterocycles. The molecular weight excluding hydrogens is 210 g/mol. The largest absolute Gasteiger partial charge is 0.306 e. The van der Waals surface area contributed by atoms with Gasteiger partial charge in [0, 0.05) is 24.8 Å². The maximum Gasteiger partial charge on any atom is 0.0762 e. The van der Waals surface area contributed by atoms with Crippen molar-refractivity contribution in [1.82, 2.24) is 15.1 Å². The SMILES string of the molecule is CC(C)(C)NCc1ccn(CC2CCCC2)n1. The van der Waals surface area contributed by atoms with Gasteiger partial charge in [-0.15, -0.1) is 0 Å². The highest BCUT2D eigenvalue weighted by atomic mass is 15.3. The van der Waals surface area contributed by atoms with Crippen molar-refractivity contribution >= 4 is 0 Å². The Morgan fingerprint density at radius 3 is 2.71 bits per heavy atom. The van der Waals surface area contributed by atoms with Crippen LogP contribution in [0.2, 0.25) is 0 Å². The molecule has 0 saturated heterocycles. The van der Waals surface area contributed by atoms with Gasteiger partial charge < -0.3 is 5.32 Å². The molecule has 3 heteroatoms. The third-order valence-electron chi connectivity index (χ3n) is 3.42. The topological polar surface area (TPSA) is 29.9 Å². The molecule has 0 aromatic carbocycles. The van der Waals surface area contributed by atoms with Crippen molar-refractivity contribution < 1.29 is 0 Å². The summed E-state index contributed by atoms with van der Waals surface area (Å²) in [6, 6.07) is 2.13. The Labute approximate surface area is 105 Å². The van der Waals surface area contributed by atoms with E-state index < -0.39 is 0 Å². The second-order valence-corrected chi connectivity index (χ2v) is 6.28. The molecule has 0 unspecified atom stereocenters. The van der Waals surface area contributed by atoms with Gasteiger partial charge in [0.15, 0.2) is 0 Å². The van der Waals surface area contributed by atoms with Crippen LogP contribution in [0.4, 0.5) is 0 Å². The molecular formula is C14H25N3. The number of hydrogen-bond acceptors (Lipinski definition) is 2. The molecule has 1 heterocycles. The molecule has 1 saturated carbocycles. The summed E-state index contributed by atoms with van der Waals surface area (Å²) in [4.78, 5) is 0. The summed E-state index contributed by atoms with van der Waals surface area (Å²) in [5.74, 6) is 0.860. The summed E-state index contributed by atoms with van der Waals surface area (Å²) in [5, 5.41) is 8.10. The van der Waals surface area contributed by atoms with Crippen LogP contribution in [0.15, 0.2) is 12.3 Å². The molecule has 1 aliphatic rings. The first-order valence-corrected chi connectivity index (χ1v) is 6.80. The third kappa shape index (κ3) is 4.15. The van der Waals surface area contributed by atoms with E-state index in [0.29, 0.717) is 0 Å². The lowest BCUT2D eigenvalue weighted by Gasteiger charge is -2.19. The average molecular weight is 235 g/mol. The van der Waals surface area contributed by atoms with Crippen LogP contribution in [-0.2, 0) is 13.1 Å². The molecule has 2 rings (SSSR count). The Hall–Kier alpha value is -0.830. The van der Waals surface area contributed by atoms with Crippen LogP contribution in [0.25, 0.3) is 0 Å². The summed E-state index contributed by atoms with van der Waals surface area (Å²) in [6.45, 7) is 8.52. The van der Waals surface area contributed by atoms with Crippen LogP contribution >= 0.6 is 0 Å². The average Bonchev–Trinajstić information content (AvgIpc) is 2.86. The molecule has 0 radical (unpaired) electrons. The fourth-order valence-electron chi connectivity index (χ4n) is 2.41. The van der Waals surface area contributed by atoms with E-state index in [1.54, 1.807) is 0 Å². The van der Waals surface area contributed by atoms with Gasteiger partial charge in [0.25, 0.3) is 0 Å². The van der Waals surface area contributed by atoms with Gasteiger partial charge >= 0.3 is 0 Å². The van der Waals surface area contributed by atoms with E-state index in [9.17, 15) is 0 Å². The fourth-order valence-corrected chi connectivity index (χ4v) is 2.41. The zero-order valence-electron chi connectivity index (χ0n) is 11.4. The minimum atomic E-state index is 0.162. The van der Waals surface area contributed by atoms with E-state index in [-0.39, 0.29) is 5.54 Å². The van der Waals surface area contributed by atoms with Gasteiger partial charge in [-0.05, 0) is 45.6 Å². The van der Waals surface area contributed by atoms with Gasteiger partial charge in [0.05, 0.1) is 5.69 Å². The van der Waals surface area contributed by atoms with Crippen LogP contribution in [0.3, 0.4) is 0 Å². The van der Waals surface area contributed by atoms with Crippen LogP contribution in [0, 0.1) is 5.92 Å². The van der Waals surface area contributed by atoms with Crippen molar-refractivity contribution in [1.29, 1.82) is 0 Å². The molecule has 1 aromatic heterocycles. The number of hydrogen-bond donors (Lipinski definition) is 1. The Morgan fingerprint density at radius 1 is 1.35 bits per heavy atom. The number of aromatic nitrogens is 2. The smallest absolute Gasteiger partial charge is 0.0762 e. The molecule has 1 aliphatic carbocycles. The predicted molar refractivity (Wildman–Crippen MR) is 70.8 cm³/mol. The monoisotopic (exact) mass is 235 g/mol. The second kappa shape index (κ2) is 5.21. The van der Waals surface area contributed by atoms with E-state index >= 15 is 0 Å². The molecule has 1 fully saturated rings. The summed E-state index contributed by atoms with van der Waals surface area (Å²) in [6.07, 6.45) is 7.71. The van der Waals surface area contributed by atoms with Crippen LogP contribution in [0.1, 0.15) is 52.1 Å². The molecule has 0 amide bonds. The van der Waals surface area contributed by atoms with Gasteiger partial charge in [-0.1, -0.05) is 12.8 Å². The highest BCUT2D eigenvalue weighted by molar-refractivity contribution is 4.99. The Balaban J connectivity index is 1.83. The van der Waals surface area contributed by atoms with Crippen molar-refractivity contribution in [2.24, 2.45) is 5.92 Å². The highest BCUT2D eigenvalue weighted by Crippen LogP contribution is 2.25. The molecule has 3 nitrogen and oxygen atoms in total. The first kappa shape index (κ1) is 12.6. The lowest BCUT2D eigenvalue weighted by atomic mass is 10.1. The van der Waals surface area contributed by atoms with Crippen LogP contribution in [-0.4, -0.2) is 15.3 Å². The molecule has 0 spiro atoms. The zero-order valence-corrected chi connectivity index (χ0v) is 11.4. The molecule has 17 heavy (non-hydrogen) atoms. The quantitative estimate of drug-likeness (QED) is 0.869. The van der Waals surface area contributed by atoms with Crippen molar-refractivity contribution in [2.45, 2.75) is 65.1 Å². The van der Waals surface area contributed by atoms with E-state index in [1.165, 1.54) is 25.7 Å². The Bertz CT molecular complexity index is 343. The van der Waals surface area contributed by atoms with Crippen LogP contribution < -0.4 is 5.32 Å². The van der Waals surface area contributed by atoms with Gasteiger partial charge in [-0.3, -0.25) is 4.68 Å². The van der Waals surface area contributed by atoms with E-state index in [2.05, 4.69) is 48.1 Å². The highest BCUT2D eigenvalue weighted by Gasteiger charge is 2.16. The maximum absolute atomic E-state index is 4.63. The maximum atomic E-state index is 4.63. The first-order chi connectivity index (χ1) is 8.03. The van der Waals surface area contributed by atoms with Crippen molar-refractivity contribution in [2.75, 3.05) is 0 Å². The van der Waals surface area contributed by atoms with Crippen LogP contribution in [0.5, 0.6) is 0 Å². The van der Waals surface area contributed by atoms with E-state index in [1.807, 2.05) is 0 Å². The standard InChI is InChI=1S/C14H25N3/c1-14(2,3)15-10-13-8-9-17(16-13)11-12-6-4-5-7-12/h8-9,12,15H,4-7,10-11H2,1-3H3. The third-order valence-corrected chi connectivity index (χ3v) is 3.42. The van der Waals surface area contributed by atoms with Crippen molar-refractivity contribution in [3.05, 3.63) is 18.0 Å². The fraction of sp³-hybridized carbons (Fsp3) is 0.786. The molecule has 0 bridgehead atoms. The minimum absolute atomic E-state index is 0.162. The predicted octanol–water partition coefficient (Wildman–Crippen LogP) is 2.96.